The Bertz CT molecular complexity index is 1200. The Morgan fingerprint density at radius 1 is 1.20 bits per heavy atom. The molecule has 3 fully saturated rings. The SMILES string of the molecule is Cc1cccc(C(=O)N2[C@H](CF)[C@@H]3CC[C@H]2[C@H](Oc2ccc(C(F)(F)F)cn2)C3)c1-c1ncco1. The van der Waals surface area contributed by atoms with Gasteiger partial charge >= 0.3 is 6.18 Å². The van der Waals surface area contributed by atoms with Gasteiger partial charge < -0.3 is 14.1 Å². The minimum atomic E-state index is -4.50. The van der Waals surface area contributed by atoms with Crippen LogP contribution in [0.25, 0.3) is 11.5 Å². The predicted molar refractivity (Wildman–Crippen MR) is 117 cm³/mol. The molecule has 0 spiro atoms. The highest BCUT2D eigenvalue weighted by molar-refractivity contribution is 6.01. The summed E-state index contributed by atoms with van der Waals surface area (Å²) < 4.78 is 64.3. The number of amides is 1. The highest BCUT2D eigenvalue weighted by Crippen LogP contribution is 2.43. The molecule has 3 aliphatic rings. The van der Waals surface area contributed by atoms with Gasteiger partial charge in [-0.25, -0.2) is 14.4 Å². The number of hydrogen-bond donors (Lipinski definition) is 0. The maximum Gasteiger partial charge on any atom is 0.417 e. The molecular formula is C25H23F4N3O3. The number of alkyl halides is 4. The van der Waals surface area contributed by atoms with Crippen molar-refractivity contribution in [3.05, 3.63) is 65.7 Å². The third kappa shape index (κ3) is 4.26. The van der Waals surface area contributed by atoms with Crippen molar-refractivity contribution in [1.82, 2.24) is 14.9 Å². The molecule has 3 aromatic rings. The highest BCUT2D eigenvalue weighted by atomic mass is 19.4. The summed E-state index contributed by atoms with van der Waals surface area (Å²) in [6.45, 7) is 1.14. The van der Waals surface area contributed by atoms with Crippen LogP contribution in [-0.4, -0.2) is 45.6 Å². The zero-order valence-electron chi connectivity index (χ0n) is 18.8. The Balaban J connectivity index is 1.45. The molecule has 2 saturated heterocycles. The Morgan fingerprint density at radius 3 is 2.69 bits per heavy atom. The Labute approximate surface area is 198 Å². The molecule has 2 aliphatic heterocycles. The number of halogens is 4. The summed E-state index contributed by atoms with van der Waals surface area (Å²) in [7, 11) is 0. The molecule has 0 radical (unpaired) electrons. The largest absolute Gasteiger partial charge is 0.472 e. The minimum Gasteiger partial charge on any atom is -0.472 e. The first-order valence-electron chi connectivity index (χ1n) is 11.4. The van der Waals surface area contributed by atoms with Crippen molar-refractivity contribution in [2.75, 3.05) is 6.67 Å². The lowest BCUT2D eigenvalue weighted by Gasteiger charge is -2.53. The number of carbonyl (C=O) groups excluding carboxylic acids is 1. The summed E-state index contributed by atoms with van der Waals surface area (Å²) in [6.07, 6.45) is 0.447. The number of hydrogen-bond acceptors (Lipinski definition) is 5. The molecule has 0 N–H and O–H groups in total. The van der Waals surface area contributed by atoms with E-state index in [4.69, 9.17) is 9.15 Å². The first kappa shape index (κ1) is 23.3. The van der Waals surface area contributed by atoms with Gasteiger partial charge in [0.25, 0.3) is 5.91 Å². The van der Waals surface area contributed by atoms with Crippen molar-refractivity contribution in [3.8, 4) is 17.3 Å². The van der Waals surface area contributed by atoms with Crippen LogP contribution in [0.15, 0.2) is 53.4 Å². The van der Waals surface area contributed by atoms with Gasteiger partial charge in [-0.2, -0.15) is 13.2 Å². The Kier molecular flexibility index (Phi) is 5.98. The van der Waals surface area contributed by atoms with Crippen molar-refractivity contribution >= 4 is 5.91 Å². The smallest absolute Gasteiger partial charge is 0.417 e. The maximum absolute atomic E-state index is 14.2. The van der Waals surface area contributed by atoms with Gasteiger partial charge in [0.15, 0.2) is 0 Å². The molecule has 2 bridgehead atoms. The van der Waals surface area contributed by atoms with Crippen molar-refractivity contribution in [2.45, 2.75) is 50.6 Å². The molecule has 2 aromatic heterocycles. The molecule has 1 aliphatic carbocycles. The number of fused-ring (bicyclic) bond motifs is 3. The molecule has 1 amide bonds. The normalized spacial score (nSPS) is 24.0. The van der Waals surface area contributed by atoms with Gasteiger partial charge in [0, 0.05) is 12.3 Å². The fraction of sp³-hybridized carbons (Fsp3) is 0.400. The average molecular weight is 489 g/mol. The van der Waals surface area contributed by atoms with Gasteiger partial charge in [-0.1, -0.05) is 12.1 Å². The van der Waals surface area contributed by atoms with Crippen molar-refractivity contribution in [1.29, 1.82) is 0 Å². The predicted octanol–water partition coefficient (Wildman–Crippen LogP) is 5.47. The molecule has 1 aromatic carbocycles. The number of piperidine rings is 2. The van der Waals surface area contributed by atoms with Crippen LogP contribution in [0, 0.1) is 12.8 Å². The first-order valence-corrected chi connectivity index (χ1v) is 11.4. The van der Waals surface area contributed by atoms with Crippen LogP contribution in [0.1, 0.15) is 40.7 Å². The van der Waals surface area contributed by atoms with E-state index in [0.717, 1.165) is 24.2 Å². The monoisotopic (exact) mass is 489 g/mol. The second-order valence-corrected chi connectivity index (χ2v) is 8.95. The Morgan fingerprint density at radius 2 is 2.03 bits per heavy atom. The van der Waals surface area contributed by atoms with Crippen LogP contribution in [0.3, 0.4) is 0 Å². The van der Waals surface area contributed by atoms with E-state index in [0.29, 0.717) is 29.9 Å². The van der Waals surface area contributed by atoms with Crippen LogP contribution in [0.4, 0.5) is 17.6 Å². The molecule has 4 atom stereocenters. The molecule has 1 saturated carbocycles. The van der Waals surface area contributed by atoms with Gasteiger partial charge in [0.05, 0.1) is 35.0 Å². The minimum absolute atomic E-state index is 0.0378. The third-order valence-corrected chi connectivity index (χ3v) is 6.93. The molecule has 4 heterocycles. The van der Waals surface area contributed by atoms with Gasteiger partial charge in [0.1, 0.15) is 19.0 Å². The van der Waals surface area contributed by atoms with Crippen LogP contribution in [-0.2, 0) is 6.18 Å². The maximum atomic E-state index is 14.2. The number of aromatic nitrogens is 2. The number of carbonyl (C=O) groups is 1. The number of rotatable bonds is 5. The van der Waals surface area contributed by atoms with E-state index in [-0.39, 0.29) is 17.7 Å². The zero-order chi connectivity index (χ0) is 24.7. The van der Waals surface area contributed by atoms with E-state index < -0.39 is 36.6 Å². The van der Waals surface area contributed by atoms with Crippen LogP contribution in [0.5, 0.6) is 5.88 Å². The molecule has 10 heteroatoms. The summed E-state index contributed by atoms with van der Waals surface area (Å²) in [5.74, 6) is -0.153. The number of aryl methyl sites for hydroxylation is 1. The second kappa shape index (κ2) is 8.98. The van der Waals surface area contributed by atoms with Crippen molar-refractivity contribution < 1.29 is 31.5 Å². The van der Waals surface area contributed by atoms with E-state index in [1.54, 1.807) is 17.0 Å². The van der Waals surface area contributed by atoms with E-state index >= 15 is 0 Å². The van der Waals surface area contributed by atoms with Crippen molar-refractivity contribution in [2.24, 2.45) is 5.92 Å². The van der Waals surface area contributed by atoms with E-state index in [1.807, 2.05) is 13.0 Å². The number of nitrogens with zero attached hydrogens (tertiary/aromatic N) is 3. The van der Waals surface area contributed by atoms with Gasteiger partial charge in [0.2, 0.25) is 11.8 Å². The lowest BCUT2D eigenvalue weighted by atomic mass is 9.72. The lowest BCUT2D eigenvalue weighted by Crippen LogP contribution is -2.65. The summed E-state index contributed by atoms with van der Waals surface area (Å²) in [6, 6.07) is 6.28. The zero-order valence-corrected chi connectivity index (χ0v) is 18.8. The Hall–Kier alpha value is -3.43. The second-order valence-electron chi connectivity index (χ2n) is 8.95. The first-order chi connectivity index (χ1) is 16.8. The highest BCUT2D eigenvalue weighted by Gasteiger charge is 2.50. The molecule has 184 valence electrons. The number of pyridine rings is 1. The number of ether oxygens (including phenoxy) is 1. The number of benzene rings is 1. The van der Waals surface area contributed by atoms with E-state index in [1.165, 1.54) is 18.5 Å². The fourth-order valence-corrected chi connectivity index (χ4v) is 5.30. The lowest BCUT2D eigenvalue weighted by molar-refractivity contribution is -0.137. The van der Waals surface area contributed by atoms with Crippen LogP contribution >= 0.6 is 0 Å². The fourth-order valence-electron chi connectivity index (χ4n) is 5.30. The topological polar surface area (TPSA) is 68.5 Å². The summed E-state index contributed by atoms with van der Waals surface area (Å²) in [5, 5.41) is 0. The third-order valence-electron chi connectivity index (χ3n) is 6.93. The summed E-state index contributed by atoms with van der Waals surface area (Å²) >= 11 is 0. The van der Waals surface area contributed by atoms with Crippen LogP contribution in [0.2, 0.25) is 0 Å². The molecule has 6 rings (SSSR count). The molecular weight excluding hydrogens is 466 g/mol. The van der Waals surface area contributed by atoms with Gasteiger partial charge in [-0.3, -0.25) is 4.79 Å². The van der Waals surface area contributed by atoms with Crippen LogP contribution < -0.4 is 4.74 Å². The molecule has 0 unspecified atom stereocenters. The molecule has 35 heavy (non-hydrogen) atoms. The molecule has 6 nitrogen and oxygen atoms in total. The average Bonchev–Trinajstić information content (AvgIpc) is 3.37. The number of oxazole rings is 1. The van der Waals surface area contributed by atoms with Gasteiger partial charge in [-0.15, -0.1) is 0 Å². The summed E-state index contributed by atoms with van der Waals surface area (Å²) in [4.78, 5) is 23.4. The van der Waals surface area contributed by atoms with Crippen molar-refractivity contribution in [3.63, 3.8) is 0 Å². The van der Waals surface area contributed by atoms with E-state index in [9.17, 15) is 22.4 Å². The quantitative estimate of drug-likeness (QED) is 0.445. The summed E-state index contributed by atoms with van der Waals surface area (Å²) in [5.41, 5.74) is 0.815. The standard InChI is InChI=1S/C25H23F4N3O3/c1-14-3-2-4-17(22(14)23-30-9-10-34-23)24(33)32-18-7-5-15(19(32)12-26)11-20(18)35-21-8-6-16(13-31-21)25(27,28)29/h2-4,6,8-10,13,15,18-20H,5,7,11-12H2,1H3/t15-,18+,19-,20-/m1/s1. The van der Waals surface area contributed by atoms with E-state index in [2.05, 4.69) is 9.97 Å². The van der Waals surface area contributed by atoms with Gasteiger partial charge in [-0.05, 0) is 49.8 Å².